The van der Waals surface area contributed by atoms with Crippen molar-refractivity contribution >= 4 is 23.9 Å². The molecular formula is C28H29N5O2S. The van der Waals surface area contributed by atoms with E-state index in [9.17, 15) is 9.90 Å². The number of phenolic OH excluding ortho intramolecular Hbond substituents is 1. The first-order valence-electron chi connectivity index (χ1n) is 11.6. The molecule has 0 unspecified atom stereocenters. The standard InChI is InChI=1S/C28H29N5O2S/c1-19-5-13-23(14-6-19)33-26(21-9-11-22(12-10-21)28(2,3)4)31-32-27(33)36-18-25(35)30-29-17-20-7-15-24(34)16-8-20/h5-17,34H,18H2,1-4H3,(H,30,35)/b29-17-. The average Bonchev–Trinajstić information content (AvgIpc) is 3.28. The largest absolute Gasteiger partial charge is 0.508 e. The summed E-state index contributed by atoms with van der Waals surface area (Å²) < 4.78 is 1.98. The Bertz CT molecular complexity index is 1350. The zero-order valence-corrected chi connectivity index (χ0v) is 21.6. The van der Waals surface area contributed by atoms with Gasteiger partial charge >= 0.3 is 0 Å². The number of nitrogens with one attached hydrogen (secondary N) is 1. The molecule has 1 heterocycles. The van der Waals surface area contributed by atoms with E-state index in [1.807, 2.05) is 35.8 Å². The quantitative estimate of drug-likeness (QED) is 0.199. The lowest BCUT2D eigenvalue weighted by Crippen LogP contribution is -2.20. The fourth-order valence-corrected chi connectivity index (χ4v) is 4.24. The Labute approximate surface area is 215 Å². The maximum atomic E-state index is 12.4. The van der Waals surface area contributed by atoms with E-state index in [4.69, 9.17) is 0 Å². The minimum Gasteiger partial charge on any atom is -0.508 e. The lowest BCUT2D eigenvalue weighted by atomic mass is 9.87. The molecular weight excluding hydrogens is 470 g/mol. The highest BCUT2D eigenvalue weighted by molar-refractivity contribution is 7.99. The molecule has 7 nitrogen and oxygen atoms in total. The smallest absolute Gasteiger partial charge is 0.250 e. The molecule has 0 saturated carbocycles. The molecule has 1 aromatic heterocycles. The van der Waals surface area contributed by atoms with E-state index in [1.165, 1.54) is 23.5 Å². The number of carbonyl (C=O) groups is 1. The van der Waals surface area contributed by atoms with E-state index < -0.39 is 0 Å². The van der Waals surface area contributed by atoms with Crippen LogP contribution < -0.4 is 5.43 Å². The second-order valence-electron chi connectivity index (χ2n) is 9.48. The van der Waals surface area contributed by atoms with Crippen molar-refractivity contribution in [3.8, 4) is 22.8 Å². The lowest BCUT2D eigenvalue weighted by Gasteiger charge is -2.19. The summed E-state index contributed by atoms with van der Waals surface area (Å²) >= 11 is 1.30. The molecule has 0 bridgehead atoms. The van der Waals surface area contributed by atoms with Crippen molar-refractivity contribution in [2.24, 2.45) is 5.10 Å². The van der Waals surface area contributed by atoms with Crippen molar-refractivity contribution in [2.75, 3.05) is 5.75 Å². The van der Waals surface area contributed by atoms with E-state index in [0.29, 0.717) is 11.0 Å². The number of benzene rings is 3. The van der Waals surface area contributed by atoms with Gasteiger partial charge < -0.3 is 5.11 Å². The number of aromatic hydroxyl groups is 1. The molecule has 0 atom stereocenters. The van der Waals surface area contributed by atoms with Gasteiger partial charge in [-0.25, -0.2) is 5.43 Å². The van der Waals surface area contributed by atoms with E-state index in [-0.39, 0.29) is 22.8 Å². The molecule has 184 valence electrons. The van der Waals surface area contributed by atoms with Crippen LogP contribution in [0.1, 0.15) is 37.5 Å². The SMILES string of the molecule is Cc1ccc(-n2c(SCC(=O)N/N=C\c3ccc(O)cc3)nnc2-c2ccc(C(C)(C)C)cc2)cc1. The summed E-state index contributed by atoms with van der Waals surface area (Å²) in [5, 5.41) is 22.8. The molecule has 0 aliphatic rings. The summed E-state index contributed by atoms with van der Waals surface area (Å²) in [5.41, 5.74) is 7.63. The summed E-state index contributed by atoms with van der Waals surface area (Å²) in [7, 11) is 0. The first-order chi connectivity index (χ1) is 17.2. The Morgan fingerprint density at radius 2 is 1.67 bits per heavy atom. The van der Waals surface area contributed by atoms with Crippen LogP contribution in [0.3, 0.4) is 0 Å². The van der Waals surface area contributed by atoms with E-state index in [2.05, 4.69) is 65.8 Å². The summed E-state index contributed by atoms with van der Waals surface area (Å²) in [4.78, 5) is 12.4. The van der Waals surface area contributed by atoms with Gasteiger partial charge in [0.25, 0.3) is 5.91 Å². The van der Waals surface area contributed by atoms with Crippen molar-refractivity contribution in [1.29, 1.82) is 0 Å². The predicted octanol–water partition coefficient (Wildman–Crippen LogP) is 5.49. The first-order valence-corrected chi connectivity index (χ1v) is 12.6. The van der Waals surface area contributed by atoms with Crippen LogP contribution >= 0.6 is 11.8 Å². The van der Waals surface area contributed by atoms with Gasteiger partial charge in [0.1, 0.15) is 5.75 Å². The van der Waals surface area contributed by atoms with Gasteiger partial charge in [-0.2, -0.15) is 5.10 Å². The van der Waals surface area contributed by atoms with Crippen molar-refractivity contribution < 1.29 is 9.90 Å². The number of carbonyl (C=O) groups excluding carboxylic acids is 1. The average molecular weight is 500 g/mol. The van der Waals surface area contributed by atoms with Crippen LogP contribution in [0.25, 0.3) is 17.1 Å². The van der Waals surface area contributed by atoms with Crippen molar-refractivity contribution in [3.63, 3.8) is 0 Å². The van der Waals surface area contributed by atoms with Gasteiger partial charge in [0.05, 0.1) is 12.0 Å². The number of hydrogen-bond acceptors (Lipinski definition) is 6. The third kappa shape index (κ3) is 6.20. The number of amides is 1. The maximum absolute atomic E-state index is 12.4. The van der Waals surface area contributed by atoms with E-state index in [0.717, 1.165) is 22.4 Å². The third-order valence-corrected chi connectivity index (χ3v) is 6.49. The summed E-state index contributed by atoms with van der Waals surface area (Å²) in [6.07, 6.45) is 1.52. The number of rotatable bonds is 7. The Hall–Kier alpha value is -3.91. The molecule has 3 aromatic carbocycles. The van der Waals surface area contributed by atoms with Gasteiger partial charge in [-0.1, -0.05) is 74.5 Å². The van der Waals surface area contributed by atoms with Gasteiger partial charge in [-0.3, -0.25) is 9.36 Å². The second-order valence-corrected chi connectivity index (χ2v) is 10.4. The monoisotopic (exact) mass is 499 g/mol. The number of phenols is 1. The Morgan fingerprint density at radius 3 is 2.31 bits per heavy atom. The number of aromatic nitrogens is 3. The highest BCUT2D eigenvalue weighted by atomic mass is 32.2. The molecule has 0 aliphatic carbocycles. The first kappa shape index (κ1) is 25.2. The zero-order valence-electron chi connectivity index (χ0n) is 20.8. The van der Waals surface area contributed by atoms with Crippen LogP contribution in [0, 0.1) is 6.92 Å². The molecule has 0 radical (unpaired) electrons. The number of nitrogens with zero attached hydrogens (tertiary/aromatic N) is 4. The fraction of sp³-hybridized carbons (Fsp3) is 0.214. The molecule has 0 aliphatic heterocycles. The van der Waals surface area contributed by atoms with Crippen LogP contribution in [-0.2, 0) is 10.2 Å². The molecule has 0 saturated heterocycles. The summed E-state index contributed by atoms with van der Waals surface area (Å²) in [5.74, 6) is 0.756. The van der Waals surface area contributed by atoms with E-state index in [1.54, 1.807) is 24.3 Å². The topological polar surface area (TPSA) is 92.4 Å². The fourth-order valence-electron chi connectivity index (χ4n) is 3.50. The number of hydrogen-bond donors (Lipinski definition) is 2. The summed E-state index contributed by atoms with van der Waals surface area (Å²) in [6, 6.07) is 23.0. The molecule has 4 aromatic rings. The molecule has 2 N–H and O–H groups in total. The van der Waals surface area contributed by atoms with Crippen LogP contribution in [-0.4, -0.2) is 37.7 Å². The van der Waals surface area contributed by atoms with Gasteiger partial charge in [0.2, 0.25) is 0 Å². The second kappa shape index (κ2) is 10.8. The van der Waals surface area contributed by atoms with Crippen LogP contribution in [0.5, 0.6) is 5.75 Å². The van der Waals surface area contributed by atoms with Gasteiger partial charge in [-0.05, 0) is 59.9 Å². The highest BCUT2D eigenvalue weighted by Crippen LogP contribution is 2.30. The lowest BCUT2D eigenvalue weighted by molar-refractivity contribution is -0.118. The molecule has 0 fully saturated rings. The van der Waals surface area contributed by atoms with Gasteiger partial charge in [-0.15, -0.1) is 10.2 Å². The molecule has 1 amide bonds. The van der Waals surface area contributed by atoms with Crippen molar-refractivity contribution in [2.45, 2.75) is 38.3 Å². The van der Waals surface area contributed by atoms with Crippen LogP contribution in [0.2, 0.25) is 0 Å². The normalized spacial score (nSPS) is 11.7. The Balaban J connectivity index is 1.53. The van der Waals surface area contributed by atoms with Crippen molar-refractivity contribution in [3.05, 3.63) is 89.5 Å². The van der Waals surface area contributed by atoms with Gasteiger partial charge in [0.15, 0.2) is 11.0 Å². The van der Waals surface area contributed by atoms with Crippen LogP contribution in [0.4, 0.5) is 0 Å². The zero-order chi connectivity index (χ0) is 25.7. The molecule has 8 heteroatoms. The van der Waals surface area contributed by atoms with Crippen LogP contribution in [0.15, 0.2) is 83.1 Å². The number of hydrazone groups is 1. The number of thioether (sulfide) groups is 1. The Morgan fingerprint density at radius 1 is 1.00 bits per heavy atom. The maximum Gasteiger partial charge on any atom is 0.250 e. The molecule has 0 spiro atoms. The minimum absolute atomic E-state index is 0.0578. The highest BCUT2D eigenvalue weighted by Gasteiger charge is 2.19. The molecule has 4 rings (SSSR count). The van der Waals surface area contributed by atoms with Crippen molar-refractivity contribution in [1.82, 2.24) is 20.2 Å². The third-order valence-electron chi connectivity index (χ3n) is 5.56. The van der Waals surface area contributed by atoms with Gasteiger partial charge in [0, 0.05) is 11.3 Å². The predicted molar refractivity (Wildman–Crippen MR) is 145 cm³/mol. The summed E-state index contributed by atoms with van der Waals surface area (Å²) in [6.45, 7) is 8.60. The number of aryl methyl sites for hydroxylation is 1. The van der Waals surface area contributed by atoms with E-state index >= 15 is 0 Å². The Kier molecular flexibility index (Phi) is 7.55. The molecule has 36 heavy (non-hydrogen) atoms. The minimum atomic E-state index is -0.260.